The van der Waals surface area contributed by atoms with Gasteiger partial charge in [0, 0.05) is 22.5 Å². The minimum atomic E-state index is -0.311. The minimum absolute atomic E-state index is 0.263. The van der Waals surface area contributed by atoms with Gasteiger partial charge < -0.3 is 9.73 Å². The van der Waals surface area contributed by atoms with Crippen LogP contribution in [0.25, 0.3) is 11.0 Å². The number of hydrogen-bond donors (Lipinski definition) is 1. The van der Waals surface area contributed by atoms with E-state index in [1.807, 2.05) is 6.92 Å². The van der Waals surface area contributed by atoms with Gasteiger partial charge in [-0.3, -0.25) is 4.79 Å². The van der Waals surface area contributed by atoms with E-state index in [4.69, 9.17) is 16.0 Å². The summed E-state index contributed by atoms with van der Waals surface area (Å²) in [5, 5.41) is 4.17. The normalized spacial score (nSPS) is 10.9. The number of amides is 1. The molecular weight excluding hydrogens is 305 g/mol. The van der Waals surface area contributed by atoms with Crippen LogP contribution in [0.15, 0.2) is 46.9 Å². The SMILES string of the molecule is Cc1c(C(=O)NCc2ccc(F)cc2)oc2ccc(Cl)cc12. The number of rotatable bonds is 3. The van der Waals surface area contributed by atoms with E-state index in [0.717, 1.165) is 16.5 Å². The Hall–Kier alpha value is -2.33. The average Bonchev–Trinajstić information content (AvgIpc) is 2.83. The molecule has 0 fully saturated rings. The molecule has 3 nitrogen and oxygen atoms in total. The number of carbonyl (C=O) groups excluding carboxylic acids is 1. The van der Waals surface area contributed by atoms with E-state index in [2.05, 4.69) is 5.32 Å². The van der Waals surface area contributed by atoms with Gasteiger partial charge in [-0.1, -0.05) is 23.7 Å². The molecule has 112 valence electrons. The summed E-state index contributed by atoms with van der Waals surface area (Å²) in [4.78, 5) is 12.2. The molecule has 0 aliphatic carbocycles. The topological polar surface area (TPSA) is 42.2 Å². The van der Waals surface area contributed by atoms with E-state index >= 15 is 0 Å². The van der Waals surface area contributed by atoms with Crippen LogP contribution in [0.1, 0.15) is 21.7 Å². The summed E-state index contributed by atoms with van der Waals surface area (Å²) in [6.07, 6.45) is 0. The second kappa shape index (κ2) is 5.81. The van der Waals surface area contributed by atoms with Crippen molar-refractivity contribution in [2.24, 2.45) is 0 Å². The molecule has 0 spiro atoms. The molecule has 1 aromatic heterocycles. The fourth-order valence-corrected chi connectivity index (χ4v) is 2.45. The molecule has 0 unspecified atom stereocenters. The highest BCUT2D eigenvalue weighted by Gasteiger charge is 2.17. The van der Waals surface area contributed by atoms with Crippen molar-refractivity contribution in [2.45, 2.75) is 13.5 Å². The molecule has 0 aliphatic heterocycles. The zero-order valence-electron chi connectivity index (χ0n) is 11.8. The molecule has 1 N–H and O–H groups in total. The zero-order chi connectivity index (χ0) is 15.7. The minimum Gasteiger partial charge on any atom is -0.451 e. The Morgan fingerprint density at radius 1 is 1.23 bits per heavy atom. The summed E-state index contributed by atoms with van der Waals surface area (Å²) in [7, 11) is 0. The van der Waals surface area contributed by atoms with Crippen LogP contribution in [0.4, 0.5) is 4.39 Å². The van der Waals surface area contributed by atoms with Crippen molar-refractivity contribution in [3.8, 4) is 0 Å². The maximum absolute atomic E-state index is 12.8. The number of halogens is 2. The summed E-state index contributed by atoms with van der Waals surface area (Å²) in [5.74, 6) is -0.353. The van der Waals surface area contributed by atoms with Gasteiger partial charge in [0.2, 0.25) is 0 Å². The maximum atomic E-state index is 12.8. The number of nitrogens with one attached hydrogen (secondary N) is 1. The third-order valence-electron chi connectivity index (χ3n) is 3.47. The lowest BCUT2D eigenvalue weighted by Crippen LogP contribution is -2.22. The second-order valence-electron chi connectivity index (χ2n) is 5.01. The van der Waals surface area contributed by atoms with Gasteiger partial charge in [-0.2, -0.15) is 0 Å². The van der Waals surface area contributed by atoms with Crippen LogP contribution in [0.5, 0.6) is 0 Å². The Morgan fingerprint density at radius 3 is 2.68 bits per heavy atom. The lowest BCUT2D eigenvalue weighted by Gasteiger charge is -2.04. The Bertz CT molecular complexity index is 840. The van der Waals surface area contributed by atoms with E-state index in [9.17, 15) is 9.18 Å². The van der Waals surface area contributed by atoms with Crippen molar-refractivity contribution >= 4 is 28.5 Å². The van der Waals surface area contributed by atoms with Gasteiger partial charge in [0.1, 0.15) is 11.4 Å². The summed E-state index contributed by atoms with van der Waals surface area (Å²) >= 11 is 5.96. The molecule has 0 saturated heterocycles. The summed E-state index contributed by atoms with van der Waals surface area (Å²) in [6, 6.07) is 11.2. The Morgan fingerprint density at radius 2 is 1.95 bits per heavy atom. The fourth-order valence-electron chi connectivity index (χ4n) is 2.27. The van der Waals surface area contributed by atoms with Crippen molar-refractivity contribution in [3.05, 3.63) is 70.2 Å². The molecule has 0 atom stereocenters. The standard InChI is InChI=1S/C17H13ClFNO2/c1-10-14-8-12(18)4-7-15(14)22-16(10)17(21)20-9-11-2-5-13(19)6-3-11/h2-8H,9H2,1H3,(H,20,21). The van der Waals surface area contributed by atoms with Gasteiger partial charge in [0.05, 0.1) is 0 Å². The maximum Gasteiger partial charge on any atom is 0.287 e. The van der Waals surface area contributed by atoms with Gasteiger partial charge in [-0.05, 0) is 42.8 Å². The van der Waals surface area contributed by atoms with Crippen molar-refractivity contribution in [2.75, 3.05) is 0 Å². The van der Waals surface area contributed by atoms with E-state index in [1.165, 1.54) is 12.1 Å². The van der Waals surface area contributed by atoms with Gasteiger partial charge in [0.15, 0.2) is 5.76 Å². The fraction of sp³-hybridized carbons (Fsp3) is 0.118. The van der Waals surface area contributed by atoms with Gasteiger partial charge in [-0.25, -0.2) is 4.39 Å². The number of fused-ring (bicyclic) bond motifs is 1. The molecule has 3 rings (SSSR count). The van der Waals surface area contributed by atoms with Crippen molar-refractivity contribution in [3.63, 3.8) is 0 Å². The predicted octanol–water partition coefficient (Wildman–Crippen LogP) is 4.46. The van der Waals surface area contributed by atoms with Crippen LogP contribution < -0.4 is 5.32 Å². The smallest absolute Gasteiger partial charge is 0.287 e. The molecule has 22 heavy (non-hydrogen) atoms. The van der Waals surface area contributed by atoms with Crippen LogP contribution in [-0.2, 0) is 6.54 Å². The van der Waals surface area contributed by atoms with Crippen LogP contribution in [0, 0.1) is 12.7 Å². The predicted molar refractivity (Wildman–Crippen MR) is 83.5 cm³/mol. The molecule has 0 radical (unpaired) electrons. The number of hydrogen-bond acceptors (Lipinski definition) is 2. The number of aryl methyl sites for hydroxylation is 1. The zero-order valence-corrected chi connectivity index (χ0v) is 12.6. The van der Waals surface area contributed by atoms with E-state index in [-0.39, 0.29) is 17.5 Å². The number of carbonyl (C=O) groups is 1. The summed E-state index contributed by atoms with van der Waals surface area (Å²) in [6.45, 7) is 2.12. The molecule has 1 amide bonds. The Kier molecular flexibility index (Phi) is 3.86. The quantitative estimate of drug-likeness (QED) is 0.774. The van der Waals surface area contributed by atoms with Crippen molar-refractivity contribution < 1.29 is 13.6 Å². The highest BCUT2D eigenvalue weighted by molar-refractivity contribution is 6.31. The average molecular weight is 318 g/mol. The Labute approximate surface area is 131 Å². The van der Waals surface area contributed by atoms with E-state index < -0.39 is 0 Å². The van der Waals surface area contributed by atoms with Gasteiger partial charge >= 0.3 is 0 Å². The van der Waals surface area contributed by atoms with E-state index in [1.54, 1.807) is 30.3 Å². The van der Waals surface area contributed by atoms with Crippen molar-refractivity contribution in [1.29, 1.82) is 0 Å². The lowest BCUT2D eigenvalue weighted by atomic mass is 10.1. The first-order valence-electron chi connectivity index (χ1n) is 6.76. The third-order valence-corrected chi connectivity index (χ3v) is 3.71. The second-order valence-corrected chi connectivity index (χ2v) is 5.44. The monoisotopic (exact) mass is 317 g/mol. The highest BCUT2D eigenvalue weighted by atomic mass is 35.5. The molecule has 1 heterocycles. The molecular formula is C17H13ClFNO2. The van der Waals surface area contributed by atoms with E-state index in [0.29, 0.717) is 17.2 Å². The molecule has 2 aromatic carbocycles. The largest absolute Gasteiger partial charge is 0.451 e. The van der Waals surface area contributed by atoms with Crippen LogP contribution in [0.2, 0.25) is 5.02 Å². The first-order chi connectivity index (χ1) is 10.5. The molecule has 5 heteroatoms. The summed E-state index contributed by atoms with van der Waals surface area (Å²) < 4.78 is 18.4. The van der Waals surface area contributed by atoms with Gasteiger partial charge in [-0.15, -0.1) is 0 Å². The van der Waals surface area contributed by atoms with Crippen LogP contribution in [-0.4, -0.2) is 5.91 Å². The number of furan rings is 1. The summed E-state index contributed by atoms with van der Waals surface area (Å²) in [5.41, 5.74) is 2.18. The number of benzene rings is 2. The van der Waals surface area contributed by atoms with Crippen LogP contribution in [0.3, 0.4) is 0 Å². The third kappa shape index (κ3) is 2.83. The molecule has 0 bridgehead atoms. The van der Waals surface area contributed by atoms with Crippen LogP contribution >= 0.6 is 11.6 Å². The first kappa shape index (κ1) is 14.6. The highest BCUT2D eigenvalue weighted by Crippen LogP contribution is 2.27. The molecule has 0 saturated carbocycles. The molecule has 0 aliphatic rings. The van der Waals surface area contributed by atoms with Crippen molar-refractivity contribution in [1.82, 2.24) is 5.32 Å². The first-order valence-corrected chi connectivity index (χ1v) is 7.13. The lowest BCUT2D eigenvalue weighted by molar-refractivity contribution is 0.0924. The molecule has 3 aromatic rings. The van der Waals surface area contributed by atoms with Gasteiger partial charge in [0.25, 0.3) is 5.91 Å². The Balaban J connectivity index is 1.80.